The van der Waals surface area contributed by atoms with Gasteiger partial charge in [0.05, 0.1) is 10.6 Å². The van der Waals surface area contributed by atoms with Crippen molar-refractivity contribution in [2.75, 3.05) is 31.1 Å². The van der Waals surface area contributed by atoms with E-state index in [2.05, 4.69) is 36.1 Å². The first-order chi connectivity index (χ1) is 8.83. The zero-order valence-electron chi connectivity index (χ0n) is 9.77. The summed E-state index contributed by atoms with van der Waals surface area (Å²) >= 11 is 5.10. The zero-order chi connectivity index (χ0) is 12.4. The van der Waals surface area contributed by atoms with Gasteiger partial charge in [-0.05, 0) is 28.1 Å². The van der Waals surface area contributed by atoms with Crippen molar-refractivity contribution in [3.8, 4) is 10.6 Å². The van der Waals surface area contributed by atoms with Crippen LogP contribution in [0.5, 0.6) is 0 Å². The number of hydrogen-bond donors (Lipinski definition) is 1. The molecular formula is C12H13BrN4S. The molecule has 0 aromatic carbocycles. The average Bonchev–Trinajstić information content (AvgIpc) is 2.89. The molecule has 0 bridgehead atoms. The van der Waals surface area contributed by atoms with Gasteiger partial charge < -0.3 is 10.2 Å². The summed E-state index contributed by atoms with van der Waals surface area (Å²) in [6.45, 7) is 4.12. The number of pyridine rings is 1. The molecule has 3 heterocycles. The van der Waals surface area contributed by atoms with Gasteiger partial charge in [-0.2, -0.15) is 0 Å². The smallest absolute Gasteiger partial charge is 0.185 e. The Morgan fingerprint density at radius 2 is 2.11 bits per heavy atom. The molecular weight excluding hydrogens is 312 g/mol. The van der Waals surface area contributed by atoms with E-state index in [0.717, 1.165) is 46.5 Å². The Hall–Kier alpha value is -0.980. The minimum atomic E-state index is 0.858. The van der Waals surface area contributed by atoms with Crippen molar-refractivity contribution in [3.63, 3.8) is 0 Å². The molecule has 1 aliphatic rings. The second-order valence-corrected chi connectivity index (χ2v) is 5.91. The molecule has 6 heteroatoms. The van der Waals surface area contributed by atoms with Crippen molar-refractivity contribution in [3.05, 3.63) is 29.0 Å². The normalized spacial score (nSPS) is 15.9. The number of piperazine rings is 1. The van der Waals surface area contributed by atoms with E-state index in [1.165, 1.54) is 0 Å². The van der Waals surface area contributed by atoms with Crippen LogP contribution in [-0.4, -0.2) is 36.1 Å². The van der Waals surface area contributed by atoms with Gasteiger partial charge in [0.2, 0.25) is 0 Å². The fourth-order valence-electron chi connectivity index (χ4n) is 1.93. The standard InChI is InChI=1S/C12H13BrN4S/c13-11-3-1-2-9(16-11)10-8-15-12(18-10)17-6-4-14-5-7-17/h1-3,8,14H,4-7H2. The average molecular weight is 325 g/mol. The number of rotatable bonds is 2. The molecule has 0 unspecified atom stereocenters. The quantitative estimate of drug-likeness (QED) is 0.861. The summed E-state index contributed by atoms with van der Waals surface area (Å²) in [6.07, 6.45) is 1.91. The van der Waals surface area contributed by atoms with Crippen LogP contribution in [0.2, 0.25) is 0 Å². The molecule has 2 aromatic heterocycles. The number of aromatic nitrogens is 2. The van der Waals surface area contributed by atoms with E-state index in [0.29, 0.717) is 0 Å². The Morgan fingerprint density at radius 3 is 2.89 bits per heavy atom. The fourth-order valence-corrected chi connectivity index (χ4v) is 3.21. The van der Waals surface area contributed by atoms with Gasteiger partial charge in [0.25, 0.3) is 0 Å². The lowest BCUT2D eigenvalue weighted by Crippen LogP contribution is -2.43. The van der Waals surface area contributed by atoms with Gasteiger partial charge in [0.1, 0.15) is 4.60 Å². The van der Waals surface area contributed by atoms with Crippen LogP contribution in [-0.2, 0) is 0 Å². The van der Waals surface area contributed by atoms with E-state index in [4.69, 9.17) is 0 Å². The number of hydrogen-bond acceptors (Lipinski definition) is 5. The number of thiazole rings is 1. The van der Waals surface area contributed by atoms with Gasteiger partial charge in [-0.1, -0.05) is 17.4 Å². The van der Waals surface area contributed by atoms with Crippen molar-refractivity contribution in [1.29, 1.82) is 0 Å². The summed E-state index contributed by atoms with van der Waals surface area (Å²) in [6, 6.07) is 5.94. The molecule has 0 spiro atoms. The Morgan fingerprint density at radius 1 is 1.28 bits per heavy atom. The predicted molar refractivity (Wildman–Crippen MR) is 78.1 cm³/mol. The number of nitrogens with one attached hydrogen (secondary N) is 1. The molecule has 0 radical (unpaired) electrons. The number of nitrogens with zero attached hydrogens (tertiary/aromatic N) is 3. The summed E-state index contributed by atoms with van der Waals surface area (Å²) < 4.78 is 0.858. The van der Waals surface area contributed by atoms with Crippen molar-refractivity contribution in [2.24, 2.45) is 0 Å². The fraction of sp³-hybridized carbons (Fsp3) is 0.333. The Labute approximate surface area is 118 Å². The SMILES string of the molecule is Brc1cccc(-c2cnc(N3CCNCC3)s2)n1. The minimum Gasteiger partial charge on any atom is -0.346 e. The van der Waals surface area contributed by atoms with Crippen LogP contribution in [0.15, 0.2) is 29.0 Å². The third-order valence-corrected chi connectivity index (χ3v) is 4.37. The summed E-state index contributed by atoms with van der Waals surface area (Å²) in [5.74, 6) is 0. The van der Waals surface area contributed by atoms with E-state index in [1.807, 2.05) is 24.4 Å². The number of anilines is 1. The van der Waals surface area contributed by atoms with E-state index in [1.54, 1.807) is 11.3 Å². The van der Waals surface area contributed by atoms with Crippen LogP contribution in [0.1, 0.15) is 0 Å². The molecule has 4 nitrogen and oxygen atoms in total. The van der Waals surface area contributed by atoms with Crippen LogP contribution >= 0.6 is 27.3 Å². The van der Waals surface area contributed by atoms with E-state index in [-0.39, 0.29) is 0 Å². The van der Waals surface area contributed by atoms with Gasteiger partial charge >= 0.3 is 0 Å². The monoisotopic (exact) mass is 324 g/mol. The van der Waals surface area contributed by atoms with Gasteiger partial charge in [0.15, 0.2) is 5.13 Å². The highest BCUT2D eigenvalue weighted by molar-refractivity contribution is 9.10. The molecule has 0 aliphatic carbocycles. The summed E-state index contributed by atoms with van der Waals surface area (Å²) in [5, 5.41) is 4.44. The summed E-state index contributed by atoms with van der Waals surface area (Å²) in [7, 11) is 0. The highest BCUT2D eigenvalue weighted by Crippen LogP contribution is 2.30. The maximum absolute atomic E-state index is 4.51. The van der Waals surface area contributed by atoms with E-state index >= 15 is 0 Å². The Bertz CT molecular complexity index is 536. The predicted octanol–water partition coefficient (Wildman–Crippen LogP) is 2.38. The number of halogens is 1. The van der Waals surface area contributed by atoms with Gasteiger partial charge in [0, 0.05) is 32.4 Å². The van der Waals surface area contributed by atoms with Crippen molar-refractivity contribution in [1.82, 2.24) is 15.3 Å². The lowest BCUT2D eigenvalue weighted by atomic mass is 10.3. The summed E-state index contributed by atoms with van der Waals surface area (Å²) in [5.41, 5.74) is 0.975. The first-order valence-corrected chi connectivity index (χ1v) is 7.48. The lowest BCUT2D eigenvalue weighted by Gasteiger charge is -2.26. The Kier molecular flexibility index (Phi) is 3.58. The largest absolute Gasteiger partial charge is 0.346 e. The van der Waals surface area contributed by atoms with Gasteiger partial charge in [-0.15, -0.1) is 0 Å². The molecule has 94 valence electrons. The molecule has 0 saturated carbocycles. The molecule has 3 rings (SSSR count). The van der Waals surface area contributed by atoms with Crippen LogP contribution in [0.3, 0.4) is 0 Å². The first kappa shape index (κ1) is 12.1. The topological polar surface area (TPSA) is 41.1 Å². The van der Waals surface area contributed by atoms with Crippen LogP contribution in [0, 0.1) is 0 Å². The minimum absolute atomic E-state index is 0.858. The molecule has 2 aromatic rings. The Balaban J connectivity index is 1.84. The third-order valence-electron chi connectivity index (χ3n) is 2.85. The van der Waals surface area contributed by atoms with Gasteiger partial charge in [-0.3, -0.25) is 0 Å². The zero-order valence-corrected chi connectivity index (χ0v) is 12.2. The first-order valence-electron chi connectivity index (χ1n) is 5.87. The molecule has 1 N–H and O–H groups in total. The lowest BCUT2D eigenvalue weighted by molar-refractivity contribution is 0.588. The van der Waals surface area contributed by atoms with Gasteiger partial charge in [-0.25, -0.2) is 9.97 Å². The van der Waals surface area contributed by atoms with E-state index in [9.17, 15) is 0 Å². The van der Waals surface area contributed by atoms with Crippen LogP contribution < -0.4 is 10.2 Å². The van der Waals surface area contributed by atoms with Crippen LogP contribution in [0.4, 0.5) is 5.13 Å². The third kappa shape index (κ3) is 2.55. The molecule has 0 atom stereocenters. The van der Waals surface area contributed by atoms with Crippen molar-refractivity contribution >= 4 is 32.4 Å². The highest BCUT2D eigenvalue weighted by Gasteiger charge is 2.14. The molecule has 0 amide bonds. The second kappa shape index (κ2) is 5.34. The molecule has 1 saturated heterocycles. The molecule has 1 fully saturated rings. The molecule has 1 aliphatic heterocycles. The van der Waals surface area contributed by atoms with Crippen molar-refractivity contribution < 1.29 is 0 Å². The maximum Gasteiger partial charge on any atom is 0.185 e. The van der Waals surface area contributed by atoms with Crippen molar-refractivity contribution in [2.45, 2.75) is 0 Å². The highest BCUT2D eigenvalue weighted by atomic mass is 79.9. The summed E-state index contributed by atoms with van der Waals surface area (Å²) in [4.78, 5) is 12.4. The molecule has 18 heavy (non-hydrogen) atoms. The maximum atomic E-state index is 4.51. The second-order valence-electron chi connectivity index (χ2n) is 4.09. The van der Waals surface area contributed by atoms with E-state index < -0.39 is 0 Å². The van der Waals surface area contributed by atoms with Crippen LogP contribution in [0.25, 0.3) is 10.6 Å².